The first kappa shape index (κ1) is 17.3. The van der Waals surface area contributed by atoms with Crippen molar-refractivity contribution in [3.8, 4) is 11.5 Å². The first-order chi connectivity index (χ1) is 11.9. The van der Waals surface area contributed by atoms with Gasteiger partial charge in [-0.15, -0.1) is 10.2 Å². The van der Waals surface area contributed by atoms with Crippen LogP contribution in [0, 0.1) is 0 Å². The van der Waals surface area contributed by atoms with Crippen molar-refractivity contribution in [3.05, 3.63) is 59.8 Å². The number of benzene rings is 1. The van der Waals surface area contributed by atoms with E-state index in [1.54, 1.807) is 18.3 Å². The van der Waals surface area contributed by atoms with Crippen molar-refractivity contribution in [1.82, 2.24) is 19.9 Å². The smallest absolute Gasteiger partial charge is 0.335 e. The minimum absolute atomic E-state index is 0.148. The average Bonchev–Trinajstić information content (AvgIpc) is 2.96. The molecule has 9 heteroatoms. The predicted molar refractivity (Wildman–Crippen MR) is 89.1 cm³/mol. The number of hydrogen-bond donors (Lipinski definition) is 1. The van der Waals surface area contributed by atoms with E-state index in [0.29, 0.717) is 16.7 Å². The van der Waals surface area contributed by atoms with Gasteiger partial charge in [0, 0.05) is 11.4 Å². The van der Waals surface area contributed by atoms with Crippen LogP contribution in [0.1, 0.15) is 23.3 Å². The third kappa shape index (κ3) is 3.76. The van der Waals surface area contributed by atoms with E-state index in [1.807, 2.05) is 13.0 Å². The molecule has 1 unspecified atom stereocenters. The highest BCUT2D eigenvalue weighted by Gasteiger charge is 2.30. The van der Waals surface area contributed by atoms with Gasteiger partial charge in [0.1, 0.15) is 5.69 Å². The molecular formula is C16H14F3N5S. The van der Waals surface area contributed by atoms with Gasteiger partial charge in [-0.2, -0.15) is 13.2 Å². The highest BCUT2D eigenvalue weighted by molar-refractivity contribution is 7.99. The van der Waals surface area contributed by atoms with Gasteiger partial charge in [0.15, 0.2) is 0 Å². The Balaban J connectivity index is 1.78. The van der Waals surface area contributed by atoms with E-state index >= 15 is 0 Å². The van der Waals surface area contributed by atoms with Crippen LogP contribution in [0.5, 0.6) is 0 Å². The summed E-state index contributed by atoms with van der Waals surface area (Å²) in [5, 5.41) is 8.38. The molecule has 2 heterocycles. The summed E-state index contributed by atoms with van der Waals surface area (Å²) in [7, 11) is 0. The van der Waals surface area contributed by atoms with Crippen molar-refractivity contribution < 1.29 is 13.2 Å². The number of alkyl halides is 3. The zero-order valence-corrected chi connectivity index (χ0v) is 13.9. The molecule has 0 aliphatic carbocycles. The fourth-order valence-electron chi connectivity index (χ4n) is 2.20. The highest BCUT2D eigenvalue weighted by Crippen LogP contribution is 2.36. The second-order valence-corrected chi connectivity index (χ2v) is 6.58. The maximum Gasteiger partial charge on any atom is 0.416 e. The molecule has 130 valence electrons. The van der Waals surface area contributed by atoms with E-state index in [1.165, 1.54) is 28.6 Å². The number of pyridine rings is 1. The number of nitrogens with zero attached hydrogens (tertiary/aromatic N) is 4. The van der Waals surface area contributed by atoms with Crippen molar-refractivity contribution in [1.29, 1.82) is 0 Å². The van der Waals surface area contributed by atoms with Crippen LogP contribution in [0.4, 0.5) is 13.2 Å². The molecule has 0 fully saturated rings. The fourth-order valence-corrected chi connectivity index (χ4v) is 3.09. The minimum Gasteiger partial charge on any atom is -0.335 e. The van der Waals surface area contributed by atoms with E-state index in [-0.39, 0.29) is 5.25 Å². The Kier molecular flexibility index (Phi) is 4.67. The Hall–Kier alpha value is -2.55. The lowest BCUT2D eigenvalue weighted by Gasteiger charge is -2.12. The molecule has 2 N–H and O–H groups in total. The SMILES string of the molecule is CC(Sc1nnc(-c2ccccn2)n1N)c1ccc(C(F)(F)F)cc1. The lowest BCUT2D eigenvalue weighted by molar-refractivity contribution is -0.137. The lowest BCUT2D eigenvalue weighted by Crippen LogP contribution is -2.12. The van der Waals surface area contributed by atoms with Gasteiger partial charge in [-0.1, -0.05) is 30.0 Å². The summed E-state index contributed by atoms with van der Waals surface area (Å²) in [6.07, 6.45) is -2.72. The Morgan fingerprint density at radius 1 is 1.08 bits per heavy atom. The second-order valence-electron chi connectivity index (χ2n) is 5.27. The molecule has 0 spiro atoms. The molecule has 0 aliphatic rings. The first-order valence-corrected chi connectivity index (χ1v) is 8.20. The number of nitrogens with two attached hydrogens (primary N) is 1. The van der Waals surface area contributed by atoms with Crippen LogP contribution in [-0.4, -0.2) is 19.9 Å². The maximum atomic E-state index is 12.6. The second kappa shape index (κ2) is 6.75. The number of hydrogen-bond acceptors (Lipinski definition) is 5. The van der Waals surface area contributed by atoms with Crippen molar-refractivity contribution in [2.24, 2.45) is 0 Å². The van der Waals surface area contributed by atoms with E-state index in [9.17, 15) is 13.2 Å². The van der Waals surface area contributed by atoms with Gasteiger partial charge in [-0.25, -0.2) is 4.68 Å². The van der Waals surface area contributed by atoms with Gasteiger partial charge in [-0.05, 0) is 36.8 Å². The largest absolute Gasteiger partial charge is 0.416 e. The molecule has 5 nitrogen and oxygen atoms in total. The summed E-state index contributed by atoms with van der Waals surface area (Å²) in [4.78, 5) is 4.17. The van der Waals surface area contributed by atoms with E-state index < -0.39 is 11.7 Å². The summed E-state index contributed by atoms with van der Waals surface area (Å²) in [6.45, 7) is 1.86. The van der Waals surface area contributed by atoms with Crippen LogP contribution >= 0.6 is 11.8 Å². The summed E-state index contributed by atoms with van der Waals surface area (Å²) in [5.74, 6) is 6.44. The zero-order chi connectivity index (χ0) is 18.0. The number of halogens is 3. The molecule has 0 saturated carbocycles. The summed E-state index contributed by atoms with van der Waals surface area (Å²) in [6, 6.07) is 10.4. The van der Waals surface area contributed by atoms with Gasteiger partial charge in [0.05, 0.1) is 5.56 Å². The van der Waals surface area contributed by atoms with Crippen LogP contribution in [0.25, 0.3) is 11.5 Å². The third-order valence-corrected chi connectivity index (χ3v) is 4.66. The fraction of sp³-hybridized carbons (Fsp3) is 0.188. The number of aromatic nitrogens is 4. The quantitative estimate of drug-likeness (QED) is 0.560. The first-order valence-electron chi connectivity index (χ1n) is 7.32. The molecular weight excluding hydrogens is 351 g/mol. The molecule has 1 atom stereocenters. The summed E-state index contributed by atoms with van der Waals surface area (Å²) >= 11 is 1.31. The molecule has 0 saturated heterocycles. The van der Waals surface area contributed by atoms with Gasteiger partial charge in [0.25, 0.3) is 0 Å². The third-order valence-electron chi connectivity index (χ3n) is 3.55. The van der Waals surface area contributed by atoms with Crippen LogP contribution in [0.2, 0.25) is 0 Å². The van der Waals surface area contributed by atoms with Crippen LogP contribution < -0.4 is 5.84 Å². The van der Waals surface area contributed by atoms with Crippen molar-refractivity contribution in [3.63, 3.8) is 0 Å². The maximum absolute atomic E-state index is 12.6. The Labute approximate surface area is 146 Å². The molecule has 1 aromatic carbocycles. The predicted octanol–water partition coefficient (Wildman–Crippen LogP) is 3.93. The number of thioether (sulfide) groups is 1. The lowest BCUT2D eigenvalue weighted by atomic mass is 10.1. The van der Waals surface area contributed by atoms with Gasteiger partial charge < -0.3 is 5.84 Å². The monoisotopic (exact) mass is 365 g/mol. The van der Waals surface area contributed by atoms with Crippen LogP contribution in [0.3, 0.4) is 0 Å². The van der Waals surface area contributed by atoms with Gasteiger partial charge >= 0.3 is 6.18 Å². The Morgan fingerprint density at radius 2 is 1.80 bits per heavy atom. The molecule has 2 aromatic heterocycles. The van der Waals surface area contributed by atoms with Gasteiger partial charge in [-0.3, -0.25) is 4.98 Å². The molecule has 3 rings (SSSR count). The average molecular weight is 365 g/mol. The highest BCUT2D eigenvalue weighted by atomic mass is 32.2. The van der Waals surface area contributed by atoms with Crippen LogP contribution in [-0.2, 0) is 6.18 Å². The topological polar surface area (TPSA) is 69.6 Å². The van der Waals surface area contributed by atoms with Crippen molar-refractivity contribution >= 4 is 11.8 Å². The van der Waals surface area contributed by atoms with E-state index in [2.05, 4.69) is 15.2 Å². The molecule has 0 aliphatic heterocycles. The van der Waals surface area contributed by atoms with E-state index in [4.69, 9.17) is 5.84 Å². The van der Waals surface area contributed by atoms with Crippen molar-refractivity contribution in [2.75, 3.05) is 5.84 Å². The Bertz CT molecular complexity index is 846. The molecule has 25 heavy (non-hydrogen) atoms. The van der Waals surface area contributed by atoms with Gasteiger partial charge in [0.2, 0.25) is 11.0 Å². The normalized spacial score (nSPS) is 13.0. The van der Waals surface area contributed by atoms with E-state index in [0.717, 1.165) is 17.7 Å². The molecule has 3 aromatic rings. The number of nitrogen functional groups attached to an aromatic ring is 1. The van der Waals surface area contributed by atoms with Crippen molar-refractivity contribution in [2.45, 2.75) is 23.5 Å². The number of rotatable bonds is 4. The standard InChI is InChI=1S/C16H14F3N5S/c1-10(11-5-7-12(8-6-11)16(17,18)19)25-15-23-22-14(24(15)20)13-4-2-3-9-21-13/h2-10H,20H2,1H3. The molecule has 0 radical (unpaired) electrons. The summed E-state index contributed by atoms with van der Waals surface area (Å²) in [5.41, 5.74) is 0.653. The molecule has 0 bridgehead atoms. The zero-order valence-electron chi connectivity index (χ0n) is 13.1. The minimum atomic E-state index is -4.34. The Morgan fingerprint density at radius 3 is 2.40 bits per heavy atom. The van der Waals surface area contributed by atoms with Crippen LogP contribution in [0.15, 0.2) is 53.8 Å². The summed E-state index contributed by atoms with van der Waals surface area (Å²) < 4.78 is 39.2. The molecule has 0 amide bonds.